The molecule has 1 heterocycles. The van der Waals surface area contributed by atoms with Crippen molar-refractivity contribution in [2.75, 3.05) is 6.61 Å². The van der Waals surface area contributed by atoms with Gasteiger partial charge in [0.2, 0.25) is 0 Å². The Bertz CT molecular complexity index is 499. The molecule has 0 N–H and O–H groups in total. The molecule has 3 heteroatoms. The van der Waals surface area contributed by atoms with Gasteiger partial charge in [-0.3, -0.25) is 0 Å². The Labute approximate surface area is 94.6 Å². The molecule has 0 aliphatic rings. The number of aryl methyl sites for hydroxylation is 1. The maximum atomic E-state index is 11.5. The second-order valence-corrected chi connectivity index (χ2v) is 5.65. The van der Waals surface area contributed by atoms with Crippen molar-refractivity contribution in [3.63, 3.8) is 0 Å². The minimum absolute atomic E-state index is 0.119. The van der Waals surface area contributed by atoms with Crippen molar-refractivity contribution in [1.82, 2.24) is 0 Å². The van der Waals surface area contributed by atoms with E-state index in [9.17, 15) is 4.79 Å². The van der Waals surface area contributed by atoms with Crippen LogP contribution in [0, 0.1) is 6.92 Å². The summed E-state index contributed by atoms with van der Waals surface area (Å²) in [6.07, 6.45) is 0. The molecule has 1 aromatic carbocycles. The van der Waals surface area contributed by atoms with Crippen molar-refractivity contribution in [2.45, 2.75) is 13.8 Å². The summed E-state index contributed by atoms with van der Waals surface area (Å²) in [6.45, 7) is 4.35. The molecular weight excluding hydrogens is 255 g/mol. The van der Waals surface area contributed by atoms with Crippen LogP contribution in [0.5, 0.6) is 0 Å². The van der Waals surface area contributed by atoms with Crippen molar-refractivity contribution in [2.24, 2.45) is 0 Å². The van der Waals surface area contributed by atoms with Gasteiger partial charge in [0, 0.05) is 0 Å². The van der Waals surface area contributed by atoms with Crippen LogP contribution in [0.15, 0.2) is 24.3 Å². The fourth-order valence-corrected chi connectivity index (χ4v) is 3.65. The van der Waals surface area contributed by atoms with Crippen LogP contribution in [-0.2, 0) is 4.74 Å². The molecule has 2 rings (SSSR count). The summed E-state index contributed by atoms with van der Waals surface area (Å²) in [4.78, 5) is 11.5. The summed E-state index contributed by atoms with van der Waals surface area (Å²) in [5, 5.41) is 1.17. The van der Waals surface area contributed by atoms with E-state index in [1.165, 1.54) is 15.2 Å². The van der Waals surface area contributed by atoms with Gasteiger partial charge in [-0.25, -0.2) is 0 Å². The number of carbonyl (C=O) groups is 1. The van der Waals surface area contributed by atoms with Gasteiger partial charge < -0.3 is 0 Å². The van der Waals surface area contributed by atoms with E-state index in [2.05, 4.69) is 25.1 Å². The van der Waals surface area contributed by atoms with Gasteiger partial charge in [-0.1, -0.05) is 0 Å². The van der Waals surface area contributed by atoms with Crippen LogP contribution in [-0.4, -0.2) is 27.1 Å². The molecule has 2 nitrogen and oxygen atoms in total. The molecule has 0 aliphatic carbocycles. The molecule has 78 valence electrons. The second-order valence-electron chi connectivity index (χ2n) is 3.37. The topological polar surface area (TPSA) is 26.3 Å². The molecule has 0 fully saturated rings. The number of rotatable bonds is 2. The molecule has 0 atom stereocenters. The zero-order valence-electron chi connectivity index (χ0n) is 8.74. The summed E-state index contributed by atoms with van der Waals surface area (Å²) in [5.41, 5.74) is 1.24. The first-order chi connectivity index (χ1) is 7.20. The van der Waals surface area contributed by atoms with E-state index in [0.29, 0.717) is 6.61 Å². The Kier molecular flexibility index (Phi) is 2.94. The normalized spacial score (nSPS) is 10.5. The summed E-state index contributed by atoms with van der Waals surface area (Å²) in [7, 11) is 0. The molecule has 15 heavy (non-hydrogen) atoms. The molecule has 2 aromatic rings. The van der Waals surface area contributed by atoms with Crippen molar-refractivity contribution >= 4 is 30.1 Å². The molecular formula is C12H12O2Se. The summed E-state index contributed by atoms with van der Waals surface area (Å²) >= 11 is 0.119. The summed E-state index contributed by atoms with van der Waals surface area (Å²) in [6, 6.07) is 8.24. The predicted octanol–water partition coefficient (Wildman–Crippen LogP) is 2.38. The quantitative estimate of drug-likeness (QED) is 0.617. The van der Waals surface area contributed by atoms with Crippen molar-refractivity contribution in [3.8, 4) is 0 Å². The van der Waals surface area contributed by atoms with E-state index in [-0.39, 0.29) is 20.5 Å². The fraction of sp³-hybridized carbons (Fsp3) is 0.250. The van der Waals surface area contributed by atoms with Gasteiger partial charge in [-0.15, -0.1) is 0 Å². The predicted molar refractivity (Wildman–Crippen MR) is 61.6 cm³/mol. The number of hydrogen-bond acceptors (Lipinski definition) is 2. The maximum absolute atomic E-state index is 11.5. The van der Waals surface area contributed by atoms with E-state index < -0.39 is 0 Å². The van der Waals surface area contributed by atoms with Gasteiger partial charge in [-0.05, 0) is 0 Å². The Morgan fingerprint density at radius 2 is 2.20 bits per heavy atom. The first-order valence-corrected chi connectivity index (χ1v) is 6.59. The molecule has 0 radical (unpaired) electrons. The Hall–Kier alpha value is -1.05. The number of carbonyl (C=O) groups excluding carboxylic acids is 1. The summed E-state index contributed by atoms with van der Waals surface area (Å²) < 4.78 is 7.10. The SMILES string of the molecule is CCOC(=O)c1cc2ccc(C)cc2[se]1. The third-order valence-corrected chi connectivity index (χ3v) is 4.41. The van der Waals surface area contributed by atoms with Gasteiger partial charge in [-0.2, -0.15) is 0 Å². The number of esters is 1. The molecule has 0 unspecified atom stereocenters. The van der Waals surface area contributed by atoms with E-state index in [1.54, 1.807) is 0 Å². The average molecular weight is 267 g/mol. The summed E-state index contributed by atoms with van der Waals surface area (Å²) in [5.74, 6) is -0.161. The number of benzene rings is 1. The molecule has 0 amide bonds. The minimum atomic E-state index is -0.161. The number of ether oxygens (including phenoxy) is 1. The first-order valence-electron chi connectivity index (χ1n) is 4.88. The Morgan fingerprint density at radius 3 is 2.93 bits per heavy atom. The van der Waals surface area contributed by atoms with E-state index >= 15 is 0 Å². The van der Waals surface area contributed by atoms with Crippen LogP contribution in [0.25, 0.3) is 9.65 Å². The van der Waals surface area contributed by atoms with Crippen LogP contribution >= 0.6 is 0 Å². The van der Waals surface area contributed by atoms with E-state index in [0.717, 1.165) is 4.44 Å². The van der Waals surface area contributed by atoms with Crippen molar-refractivity contribution in [3.05, 3.63) is 34.3 Å². The van der Waals surface area contributed by atoms with Crippen molar-refractivity contribution in [1.29, 1.82) is 0 Å². The van der Waals surface area contributed by atoms with Gasteiger partial charge >= 0.3 is 94.4 Å². The van der Waals surface area contributed by atoms with E-state index in [4.69, 9.17) is 4.74 Å². The monoisotopic (exact) mass is 268 g/mol. The van der Waals surface area contributed by atoms with Gasteiger partial charge in [0.1, 0.15) is 0 Å². The number of fused-ring (bicyclic) bond motifs is 1. The standard InChI is InChI=1S/C12H12O2Se/c1-3-14-12(13)11-7-9-5-4-8(2)6-10(9)15-11/h4-7H,3H2,1-2H3. The van der Waals surface area contributed by atoms with Crippen LogP contribution in [0.2, 0.25) is 0 Å². The van der Waals surface area contributed by atoms with Crippen LogP contribution in [0.1, 0.15) is 21.7 Å². The third kappa shape index (κ3) is 2.14. The van der Waals surface area contributed by atoms with Gasteiger partial charge in [0.25, 0.3) is 0 Å². The molecule has 0 saturated carbocycles. The molecule has 0 spiro atoms. The Balaban J connectivity index is 2.42. The van der Waals surface area contributed by atoms with Gasteiger partial charge in [0.15, 0.2) is 0 Å². The molecule has 0 aliphatic heterocycles. The molecule has 1 aromatic heterocycles. The average Bonchev–Trinajstić information content (AvgIpc) is 2.60. The number of hydrogen-bond donors (Lipinski definition) is 0. The van der Waals surface area contributed by atoms with Crippen LogP contribution in [0.4, 0.5) is 0 Å². The molecule has 0 saturated heterocycles. The Morgan fingerprint density at radius 1 is 1.40 bits per heavy atom. The fourth-order valence-electron chi connectivity index (χ4n) is 1.44. The zero-order valence-corrected chi connectivity index (χ0v) is 10.5. The third-order valence-electron chi connectivity index (χ3n) is 2.15. The van der Waals surface area contributed by atoms with Crippen LogP contribution < -0.4 is 0 Å². The van der Waals surface area contributed by atoms with E-state index in [1.807, 2.05) is 13.0 Å². The van der Waals surface area contributed by atoms with Gasteiger partial charge in [0.05, 0.1) is 0 Å². The molecule has 0 bridgehead atoms. The first kappa shape index (κ1) is 10.5. The van der Waals surface area contributed by atoms with Crippen LogP contribution in [0.3, 0.4) is 0 Å². The zero-order chi connectivity index (χ0) is 10.8. The second kappa shape index (κ2) is 4.21. The van der Waals surface area contributed by atoms with Crippen molar-refractivity contribution < 1.29 is 9.53 Å².